The van der Waals surface area contributed by atoms with E-state index in [1.165, 1.54) is 12.1 Å². The molecule has 1 heterocycles. The summed E-state index contributed by atoms with van der Waals surface area (Å²) in [6.45, 7) is 5.25. The van der Waals surface area contributed by atoms with E-state index in [0.29, 0.717) is 17.0 Å². The summed E-state index contributed by atoms with van der Waals surface area (Å²) in [5.74, 6) is 0.597. The van der Waals surface area contributed by atoms with Crippen molar-refractivity contribution in [2.75, 3.05) is 0 Å². The fourth-order valence-electron chi connectivity index (χ4n) is 1.93. The van der Waals surface area contributed by atoms with Crippen LogP contribution in [0.4, 0.5) is 0 Å². The molecule has 0 aliphatic rings. The molecule has 7 heteroatoms. The molecule has 1 atom stereocenters. The maximum atomic E-state index is 12.2. The number of aliphatic hydroxyl groups excluding tert-OH is 1. The summed E-state index contributed by atoms with van der Waals surface area (Å²) >= 11 is 0. The first-order valence-corrected chi connectivity index (χ1v) is 7.99. The van der Waals surface area contributed by atoms with Gasteiger partial charge in [-0.2, -0.15) is 0 Å². The van der Waals surface area contributed by atoms with Gasteiger partial charge < -0.3 is 9.63 Å². The van der Waals surface area contributed by atoms with Crippen molar-refractivity contribution in [1.82, 2.24) is 9.88 Å². The topological polar surface area (TPSA) is 92.4 Å². The molecule has 114 valence electrons. The lowest BCUT2D eigenvalue weighted by atomic mass is 10.1. The lowest BCUT2D eigenvalue weighted by Crippen LogP contribution is -2.23. The van der Waals surface area contributed by atoms with E-state index in [1.807, 2.05) is 0 Å². The van der Waals surface area contributed by atoms with E-state index < -0.39 is 16.1 Å². The summed E-state index contributed by atoms with van der Waals surface area (Å²) in [6, 6.07) is 6.12. The fraction of sp³-hybridized carbons (Fsp3) is 0.357. The minimum Gasteiger partial charge on any atom is -0.389 e. The van der Waals surface area contributed by atoms with Gasteiger partial charge in [0.1, 0.15) is 5.76 Å². The predicted molar refractivity (Wildman–Crippen MR) is 77.1 cm³/mol. The number of nitrogens with one attached hydrogen (secondary N) is 1. The van der Waals surface area contributed by atoms with Crippen LogP contribution in [0, 0.1) is 13.8 Å². The predicted octanol–water partition coefficient (Wildman–Crippen LogP) is 1.82. The Hall–Kier alpha value is -1.70. The number of nitrogens with zero attached hydrogens (tertiary/aromatic N) is 1. The van der Waals surface area contributed by atoms with E-state index in [4.69, 9.17) is 4.52 Å². The van der Waals surface area contributed by atoms with Crippen molar-refractivity contribution < 1.29 is 18.0 Å². The number of sulfonamides is 1. The molecule has 0 saturated carbocycles. The molecule has 2 rings (SSSR count). The van der Waals surface area contributed by atoms with Gasteiger partial charge in [-0.1, -0.05) is 17.3 Å². The molecule has 1 aromatic carbocycles. The number of rotatable bonds is 5. The second-order valence-electron chi connectivity index (χ2n) is 4.87. The van der Waals surface area contributed by atoms with Gasteiger partial charge in [0.15, 0.2) is 0 Å². The molecule has 0 aliphatic carbocycles. The summed E-state index contributed by atoms with van der Waals surface area (Å²) in [4.78, 5) is 0.152. The van der Waals surface area contributed by atoms with Crippen LogP contribution in [0.2, 0.25) is 0 Å². The fourth-order valence-corrected chi connectivity index (χ4v) is 2.93. The standard InChI is InChI=1S/C14H18N2O4S/c1-9-14(11(3)20-16-9)8-15-21(18,19)13-6-4-12(5-7-13)10(2)17/h4-7,10,15,17H,8H2,1-3H3. The Kier molecular flexibility index (Phi) is 4.46. The van der Waals surface area contributed by atoms with Gasteiger partial charge in [0.2, 0.25) is 10.0 Å². The van der Waals surface area contributed by atoms with Gasteiger partial charge in [-0.05, 0) is 38.5 Å². The van der Waals surface area contributed by atoms with Gasteiger partial charge in [-0.25, -0.2) is 13.1 Å². The van der Waals surface area contributed by atoms with E-state index in [2.05, 4.69) is 9.88 Å². The molecule has 0 aliphatic heterocycles. The van der Waals surface area contributed by atoms with Crippen LogP contribution in [0.3, 0.4) is 0 Å². The Morgan fingerprint density at radius 3 is 2.38 bits per heavy atom. The van der Waals surface area contributed by atoms with Crippen molar-refractivity contribution >= 4 is 10.0 Å². The summed E-state index contributed by atoms with van der Waals surface area (Å²) in [6.07, 6.45) is -0.628. The number of hydrogen-bond acceptors (Lipinski definition) is 5. The molecule has 1 unspecified atom stereocenters. The van der Waals surface area contributed by atoms with Crippen molar-refractivity contribution in [3.63, 3.8) is 0 Å². The summed E-state index contributed by atoms with van der Waals surface area (Å²) in [7, 11) is -3.61. The zero-order valence-corrected chi connectivity index (χ0v) is 12.9. The van der Waals surface area contributed by atoms with Gasteiger partial charge in [-0.15, -0.1) is 0 Å². The molecular formula is C14H18N2O4S. The van der Waals surface area contributed by atoms with Crippen LogP contribution in [0.1, 0.15) is 35.6 Å². The van der Waals surface area contributed by atoms with Crippen LogP contribution in [0.5, 0.6) is 0 Å². The van der Waals surface area contributed by atoms with E-state index in [9.17, 15) is 13.5 Å². The van der Waals surface area contributed by atoms with Crippen LogP contribution < -0.4 is 4.72 Å². The summed E-state index contributed by atoms with van der Waals surface area (Å²) in [5.41, 5.74) is 2.07. The van der Waals surface area contributed by atoms with Gasteiger partial charge >= 0.3 is 0 Å². The first kappa shape index (κ1) is 15.7. The molecule has 2 aromatic rings. The third-order valence-electron chi connectivity index (χ3n) is 3.29. The minimum atomic E-state index is -3.61. The van der Waals surface area contributed by atoms with E-state index in [0.717, 1.165) is 5.56 Å². The molecule has 0 fully saturated rings. The van der Waals surface area contributed by atoms with Gasteiger partial charge in [0.25, 0.3) is 0 Å². The molecule has 0 amide bonds. The minimum absolute atomic E-state index is 0.127. The summed E-state index contributed by atoms with van der Waals surface area (Å²) in [5, 5.41) is 13.2. The molecule has 0 spiro atoms. The van der Waals surface area contributed by atoms with E-state index >= 15 is 0 Å². The number of benzene rings is 1. The average molecular weight is 310 g/mol. The maximum Gasteiger partial charge on any atom is 0.240 e. The summed E-state index contributed by atoms with van der Waals surface area (Å²) < 4.78 is 31.9. The Balaban J connectivity index is 2.15. The van der Waals surface area contributed by atoms with Crippen molar-refractivity contribution in [3.05, 3.63) is 46.8 Å². The highest BCUT2D eigenvalue weighted by Gasteiger charge is 2.17. The number of hydrogen-bond donors (Lipinski definition) is 2. The van der Waals surface area contributed by atoms with Crippen LogP contribution in [-0.4, -0.2) is 18.7 Å². The monoisotopic (exact) mass is 310 g/mol. The molecule has 1 aromatic heterocycles. The molecule has 2 N–H and O–H groups in total. The number of aryl methyl sites for hydroxylation is 2. The highest BCUT2D eigenvalue weighted by atomic mass is 32.2. The first-order valence-electron chi connectivity index (χ1n) is 6.50. The van der Waals surface area contributed by atoms with Crippen LogP contribution in [0.15, 0.2) is 33.7 Å². The number of aromatic nitrogens is 1. The molecule has 0 bridgehead atoms. The molecule has 6 nitrogen and oxygen atoms in total. The van der Waals surface area contributed by atoms with Crippen LogP contribution in [0.25, 0.3) is 0 Å². The largest absolute Gasteiger partial charge is 0.389 e. The molecule has 0 radical (unpaired) electrons. The Morgan fingerprint density at radius 2 is 1.90 bits per heavy atom. The van der Waals surface area contributed by atoms with E-state index in [-0.39, 0.29) is 11.4 Å². The van der Waals surface area contributed by atoms with Crippen molar-refractivity contribution in [3.8, 4) is 0 Å². The smallest absolute Gasteiger partial charge is 0.240 e. The Morgan fingerprint density at radius 1 is 1.29 bits per heavy atom. The maximum absolute atomic E-state index is 12.2. The normalized spacial score (nSPS) is 13.3. The number of aliphatic hydroxyl groups is 1. The highest BCUT2D eigenvalue weighted by molar-refractivity contribution is 7.89. The van der Waals surface area contributed by atoms with Crippen molar-refractivity contribution in [2.45, 2.75) is 38.3 Å². The lowest BCUT2D eigenvalue weighted by Gasteiger charge is -2.08. The molecule has 21 heavy (non-hydrogen) atoms. The quantitative estimate of drug-likeness (QED) is 0.879. The zero-order valence-electron chi connectivity index (χ0n) is 12.1. The van der Waals surface area contributed by atoms with Crippen LogP contribution >= 0.6 is 0 Å². The zero-order chi connectivity index (χ0) is 15.6. The first-order chi connectivity index (χ1) is 9.81. The van der Waals surface area contributed by atoms with Gasteiger partial charge in [0, 0.05) is 12.1 Å². The highest BCUT2D eigenvalue weighted by Crippen LogP contribution is 2.17. The SMILES string of the molecule is Cc1noc(C)c1CNS(=O)(=O)c1ccc(C(C)O)cc1. The van der Waals surface area contributed by atoms with E-state index in [1.54, 1.807) is 32.9 Å². The molecular weight excluding hydrogens is 292 g/mol. The Labute approximate surface area is 123 Å². The van der Waals surface area contributed by atoms with Gasteiger partial charge in [0.05, 0.1) is 16.7 Å². The third-order valence-corrected chi connectivity index (χ3v) is 4.71. The second kappa shape index (κ2) is 5.97. The lowest BCUT2D eigenvalue weighted by molar-refractivity contribution is 0.199. The average Bonchev–Trinajstić information content (AvgIpc) is 2.76. The van der Waals surface area contributed by atoms with Crippen molar-refractivity contribution in [1.29, 1.82) is 0 Å². The van der Waals surface area contributed by atoms with Crippen molar-refractivity contribution in [2.24, 2.45) is 0 Å². The van der Waals surface area contributed by atoms with Crippen LogP contribution in [-0.2, 0) is 16.6 Å². The van der Waals surface area contributed by atoms with Gasteiger partial charge in [-0.3, -0.25) is 0 Å². The Bertz CT molecular complexity index is 698. The molecule has 0 saturated heterocycles. The second-order valence-corrected chi connectivity index (χ2v) is 6.64. The third kappa shape index (κ3) is 3.49.